The van der Waals surface area contributed by atoms with E-state index in [4.69, 9.17) is 4.74 Å². The third-order valence-electron chi connectivity index (χ3n) is 3.71. The van der Waals surface area contributed by atoms with E-state index in [0.29, 0.717) is 6.54 Å². The number of H-pyrrole nitrogens is 1. The van der Waals surface area contributed by atoms with Crippen LogP contribution in [0.5, 0.6) is 0 Å². The maximum Gasteiger partial charge on any atom is 0.194 e. The molecule has 2 N–H and O–H groups in total. The van der Waals surface area contributed by atoms with Crippen LogP contribution in [0.25, 0.3) is 11.3 Å². The van der Waals surface area contributed by atoms with Crippen LogP contribution >= 0.6 is 24.0 Å². The highest BCUT2D eigenvalue weighted by Crippen LogP contribution is 2.16. The quantitative estimate of drug-likeness (QED) is 0.254. The van der Waals surface area contributed by atoms with Crippen molar-refractivity contribution in [2.45, 2.75) is 26.8 Å². The lowest BCUT2D eigenvalue weighted by atomic mass is 10.2. The summed E-state index contributed by atoms with van der Waals surface area (Å²) in [4.78, 5) is 14.6. The number of aliphatic imine (C=N–C) groups is 1. The van der Waals surface area contributed by atoms with Crippen molar-refractivity contribution in [3.05, 3.63) is 42.4 Å². The summed E-state index contributed by atoms with van der Waals surface area (Å²) in [6.07, 6.45) is 2.81. The minimum absolute atomic E-state index is 0. The van der Waals surface area contributed by atoms with Gasteiger partial charge < -0.3 is 19.9 Å². The molecule has 0 aliphatic heterocycles. The van der Waals surface area contributed by atoms with Gasteiger partial charge in [-0.3, -0.25) is 4.99 Å². The first-order chi connectivity index (χ1) is 12.2. The van der Waals surface area contributed by atoms with Gasteiger partial charge in [0.05, 0.1) is 18.4 Å². The van der Waals surface area contributed by atoms with Crippen molar-refractivity contribution in [3.63, 3.8) is 0 Å². The molecule has 0 aliphatic carbocycles. The summed E-state index contributed by atoms with van der Waals surface area (Å²) in [5, 5.41) is 3.33. The van der Waals surface area contributed by atoms with Crippen LogP contribution in [0, 0.1) is 0 Å². The molecule has 1 heterocycles. The molecule has 0 fully saturated rings. The number of imidazole rings is 1. The Morgan fingerprint density at radius 3 is 2.73 bits per heavy atom. The summed E-state index contributed by atoms with van der Waals surface area (Å²) in [7, 11) is 2.02. The van der Waals surface area contributed by atoms with E-state index in [2.05, 4.69) is 44.2 Å². The molecule has 0 saturated heterocycles. The number of hydrogen-bond acceptors (Lipinski definition) is 3. The molecule has 0 radical (unpaired) electrons. The standard InChI is InChI=1S/C19H29N5O.HI/c1-4-20-19(21-12-9-13-25-5-2)24(3)15-18-22-14-17(23-18)16-10-7-6-8-11-16;/h6-8,10-11,14H,4-5,9,12-13,15H2,1-3H3,(H,20,21)(H,22,23);1H. The van der Waals surface area contributed by atoms with Gasteiger partial charge in [0.15, 0.2) is 5.96 Å². The Kier molecular flexibility index (Phi) is 11.0. The van der Waals surface area contributed by atoms with E-state index in [0.717, 1.165) is 55.8 Å². The zero-order chi connectivity index (χ0) is 17.9. The molecule has 2 aromatic rings. The molecular weight excluding hydrogens is 441 g/mol. The second kappa shape index (κ2) is 12.7. The number of nitrogens with zero attached hydrogens (tertiary/aromatic N) is 3. The van der Waals surface area contributed by atoms with Crippen LogP contribution in [0.3, 0.4) is 0 Å². The average molecular weight is 471 g/mol. The number of halogens is 1. The maximum absolute atomic E-state index is 5.36. The van der Waals surface area contributed by atoms with Gasteiger partial charge in [0.25, 0.3) is 0 Å². The van der Waals surface area contributed by atoms with Crippen molar-refractivity contribution in [2.24, 2.45) is 4.99 Å². The van der Waals surface area contributed by atoms with Crippen LogP contribution in [0.15, 0.2) is 41.5 Å². The summed E-state index contributed by atoms with van der Waals surface area (Å²) in [6.45, 7) is 7.85. The Morgan fingerprint density at radius 2 is 2.04 bits per heavy atom. The van der Waals surface area contributed by atoms with E-state index in [-0.39, 0.29) is 24.0 Å². The van der Waals surface area contributed by atoms with Gasteiger partial charge in [-0.25, -0.2) is 4.98 Å². The number of nitrogens with one attached hydrogen (secondary N) is 2. The van der Waals surface area contributed by atoms with E-state index < -0.39 is 0 Å². The summed E-state index contributed by atoms with van der Waals surface area (Å²) >= 11 is 0. The van der Waals surface area contributed by atoms with Crippen LogP contribution in [0.4, 0.5) is 0 Å². The first-order valence-electron chi connectivity index (χ1n) is 8.91. The van der Waals surface area contributed by atoms with Gasteiger partial charge in [-0.1, -0.05) is 30.3 Å². The van der Waals surface area contributed by atoms with Crippen LogP contribution in [-0.2, 0) is 11.3 Å². The summed E-state index contributed by atoms with van der Waals surface area (Å²) < 4.78 is 5.36. The number of rotatable bonds is 9. The highest BCUT2D eigenvalue weighted by atomic mass is 127. The van der Waals surface area contributed by atoms with E-state index in [9.17, 15) is 0 Å². The van der Waals surface area contributed by atoms with Gasteiger partial charge in [0, 0.05) is 33.4 Å². The Balaban J connectivity index is 0.00000338. The zero-order valence-corrected chi connectivity index (χ0v) is 18.2. The minimum Gasteiger partial charge on any atom is -0.382 e. The molecule has 6 nitrogen and oxygen atoms in total. The topological polar surface area (TPSA) is 65.5 Å². The van der Waals surface area contributed by atoms with Crippen molar-refractivity contribution < 1.29 is 4.74 Å². The van der Waals surface area contributed by atoms with Crippen LogP contribution in [-0.4, -0.2) is 54.2 Å². The molecule has 144 valence electrons. The van der Waals surface area contributed by atoms with Gasteiger partial charge in [0.2, 0.25) is 0 Å². The molecule has 0 saturated carbocycles. The average Bonchev–Trinajstić information content (AvgIpc) is 3.10. The van der Waals surface area contributed by atoms with E-state index in [1.807, 2.05) is 38.4 Å². The highest BCUT2D eigenvalue weighted by Gasteiger charge is 2.09. The van der Waals surface area contributed by atoms with Gasteiger partial charge >= 0.3 is 0 Å². The number of guanidine groups is 1. The Hall–Kier alpha value is -1.61. The van der Waals surface area contributed by atoms with Crippen molar-refractivity contribution in [1.29, 1.82) is 0 Å². The summed E-state index contributed by atoms with van der Waals surface area (Å²) in [6, 6.07) is 10.2. The fraction of sp³-hybridized carbons (Fsp3) is 0.474. The fourth-order valence-electron chi connectivity index (χ4n) is 2.47. The van der Waals surface area contributed by atoms with Crippen LogP contribution < -0.4 is 5.32 Å². The van der Waals surface area contributed by atoms with Crippen LogP contribution in [0.2, 0.25) is 0 Å². The Bertz CT molecular complexity index is 644. The van der Waals surface area contributed by atoms with Crippen molar-refractivity contribution >= 4 is 29.9 Å². The van der Waals surface area contributed by atoms with Gasteiger partial charge in [-0.2, -0.15) is 0 Å². The summed E-state index contributed by atoms with van der Waals surface area (Å²) in [5.74, 6) is 1.80. The molecule has 7 heteroatoms. The molecule has 0 amide bonds. The molecule has 0 bridgehead atoms. The molecule has 2 rings (SSSR count). The number of hydrogen-bond donors (Lipinski definition) is 2. The predicted molar refractivity (Wildman–Crippen MR) is 118 cm³/mol. The second-order valence-corrected chi connectivity index (χ2v) is 5.75. The number of benzene rings is 1. The molecule has 1 aromatic carbocycles. The molecular formula is C19H30IN5O. The maximum atomic E-state index is 5.36. The molecule has 1 aromatic heterocycles. The van der Waals surface area contributed by atoms with Gasteiger partial charge in [-0.15, -0.1) is 24.0 Å². The monoisotopic (exact) mass is 471 g/mol. The largest absolute Gasteiger partial charge is 0.382 e. The second-order valence-electron chi connectivity index (χ2n) is 5.75. The molecule has 0 spiro atoms. The SMILES string of the molecule is CCNC(=NCCCOCC)N(C)Cc1ncc(-c2ccccc2)[nH]1.I. The Labute approximate surface area is 173 Å². The third-order valence-corrected chi connectivity index (χ3v) is 3.71. The highest BCUT2D eigenvalue weighted by molar-refractivity contribution is 14.0. The lowest BCUT2D eigenvalue weighted by molar-refractivity contribution is 0.146. The van der Waals surface area contributed by atoms with E-state index in [1.54, 1.807) is 0 Å². The fourth-order valence-corrected chi connectivity index (χ4v) is 2.47. The first-order valence-corrected chi connectivity index (χ1v) is 8.91. The molecule has 26 heavy (non-hydrogen) atoms. The number of ether oxygens (including phenoxy) is 1. The van der Waals surface area contributed by atoms with E-state index >= 15 is 0 Å². The smallest absolute Gasteiger partial charge is 0.194 e. The zero-order valence-electron chi connectivity index (χ0n) is 15.9. The van der Waals surface area contributed by atoms with Crippen molar-refractivity contribution in [1.82, 2.24) is 20.2 Å². The first kappa shape index (κ1) is 22.4. The molecule has 0 aliphatic rings. The normalized spacial score (nSPS) is 11.1. The molecule has 0 unspecified atom stereocenters. The minimum atomic E-state index is 0. The Morgan fingerprint density at radius 1 is 1.27 bits per heavy atom. The number of aromatic amines is 1. The third kappa shape index (κ3) is 7.33. The summed E-state index contributed by atoms with van der Waals surface area (Å²) in [5.41, 5.74) is 2.17. The van der Waals surface area contributed by atoms with Gasteiger partial charge in [0.1, 0.15) is 5.82 Å². The van der Waals surface area contributed by atoms with E-state index in [1.165, 1.54) is 0 Å². The lowest BCUT2D eigenvalue weighted by Gasteiger charge is -2.21. The van der Waals surface area contributed by atoms with Crippen molar-refractivity contribution in [3.8, 4) is 11.3 Å². The lowest BCUT2D eigenvalue weighted by Crippen LogP contribution is -2.38. The van der Waals surface area contributed by atoms with Crippen LogP contribution in [0.1, 0.15) is 26.1 Å². The van der Waals surface area contributed by atoms with Gasteiger partial charge in [-0.05, 0) is 25.8 Å². The van der Waals surface area contributed by atoms with Crippen molar-refractivity contribution in [2.75, 3.05) is 33.4 Å². The predicted octanol–water partition coefficient (Wildman–Crippen LogP) is 3.52. The number of aromatic nitrogens is 2. The molecule has 0 atom stereocenters.